The number of hydrogen-bond acceptors (Lipinski definition) is 9. The maximum Gasteiger partial charge on any atom is 0.271 e. The Bertz CT molecular complexity index is 2780. The Hall–Kier alpha value is -6.72. The summed E-state index contributed by atoms with van der Waals surface area (Å²) in [6.45, 7) is 2.95. The van der Waals surface area contributed by atoms with Gasteiger partial charge in [-0.1, -0.05) is 77.5 Å². The molecule has 0 spiro atoms. The van der Waals surface area contributed by atoms with Gasteiger partial charge in [0.1, 0.15) is 23.5 Å². The van der Waals surface area contributed by atoms with Crippen LogP contribution < -0.4 is 21.3 Å². The Kier molecular flexibility index (Phi) is 14.3. The molecule has 0 fully saturated rings. The summed E-state index contributed by atoms with van der Waals surface area (Å²) in [4.78, 5) is 109. The summed E-state index contributed by atoms with van der Waals surface area (Å²) in [7, 11) is 1.45. The summed E-state index contributed by atoms with van der Waals surface area (Å²) in [5, 5.41) is 14.7. The number of amides is 5. The van der Waals surface area contributed by atoms with Gasteiger partial charge in [-0.2, -0.15) is 0 Å². The van der Waals surface area contributed by atoms with Gasteiger partial charge in [0.25, 0.3) is 11.8 Å². The number of ketones is 2. The van der Waals surface area contributed by atoms with Crippen molar-refractivity contribution < 1.29 is 33.6 Å². The molecule has 64 heavy (non-hydrogen) atoms. The lowest BCUT2D eigenvalue weighted by Gasteiger charge is -2.23. The van der Waals surface area contributed by atoms with Crippen LogP contribution in [0.1, 0.15) is 71.2 Å². The number of thiazole rings is 1. The number of rotatable bonds is 5. The second-order valence-electron chi connectivity index (χ2n) is 15.9. The minimum atomic E-state index is -1.18. The van der Waals surface area contributed by atoms with Crippen LogP contribution in [0.15, 0.2) is 101 Å². The average Bonchev–Trinajstić information content (AvgIpc) is 4.04. The lowest BCUT2D eigenvalue weighted by atomic mass is 9.97. The van der Waals surface area contributed by atoms with E-state index >= 15 is 0 Å². The number of nitrogens with zero attached hydrogens (tertiary/aromatic N) is 2. The monoisotopic (exact) mass is 946 g/mol. The highest BCUT2D eigenvalue weighted by Crippen LogP contribution is 2.29. The molecule has 5 amide bonds. The first-order valence-corrected chi connectivity index (χ1v) is 22.4. The smallest absolute Gasteiger partial charge is 0.271 e. The van der Waals surface area contributed by atoms with E-state index in [1.165, 1.54) is 36.3 Å². The summed E-state index contributed by atoms with van der Waals surface area (Å²) < 4.78 is 0.775. The van der Waals surface area contributed by atoms with Crippen molar-refractivity contribution in [2.45, 2.75) is 70.0 Å². The zero-order valence-electron chi connectivity index (χ0n) is 35.3. The van der Waals surface area contributed by atoms with Gasteiger partial charge in [0.05, 0.1) is 17.6 Å². The number of carbonyl (C=O) groups excluding carboxylic acids is 7. The molecular formula is C47H47BrN8O7S. The summed E-state index contributed by atoms with van der Waals surface area (Å²) >= 11 is 4.80. The summed E-state index contributed by atoms with van der Waals surface area (Å²) in [6, 6.07) is 18.5. The molecule has 0 unspecified atom stereocenters. The number of fused-ring (bicyclic) bond motifs is 4. The number of aromatic nitrogens is 3. The van der Waals surface area contributed by atoms with Gasteiger partial charge >= 0.3 is 0 Å². The predicted molar refractivity (Wildman–Crippen MR) is 247 cm³/mol. The third kappa shape index (κ3) is 10.9. The van der Waals surface area contributed by atoms with Gasteiger partial charge in [-0.3, -0.25) is 33.6 Å². The second kappa shape index (κ2) is 20.2. The van der Waals surface area contributed by atoms with E-state index in [9.17, 15) is 33.6 Å². The lowest BCUT2D eigenvalue weighted by Crippen LogP contribution is -2.53. The Morgan fingerprint density at radius 3 is 2.28 bits per heavy atom. The van der Waals surface area contributed by atoms with Gasteiger partial charge in [-0.25, -0.2) is 4.98 Å². The number of aromatic amines is 2. The third-order valence-electron chi connectivity index (χ3n) is 11.0. The molecule has 6 N–H and O–H groups in total. The maximum atomic E-state index is 14.5. The molecule has 17 heteroatoms. The lowest BCUT2D eigenvalue weighted by molar-refractivity contribution is -0.133. The van der Waals surface area contributed by atoms with Gasteiger partial charge in [-0.15, -0.1) is 11.3 Å². The van der Waals surface area contributed by atoms with Crippen LogP contribution in [-0.2, 0) is 41.6 Å². The highest BCUT2D eigenvalue weighted by Gasteiger charge is 2.31. The first kappa shape index (κ1) is 45.3. The molecule has 3 aromatic heterocycles. The van der Waals surface area contributed by atoms with E-state index in [0.29, 0.717) is 10.6 Å². The minimum Gasteiger partial charge on any atom is -0.361 e. The molecule has 4 atom stereocenters. The number of benzene rings is 3. The maximum absolute atomic E-state index is 14.5. The van der Waals surface area contributed by atoms with Gasteiger partial charge in [-0.05, 0) is 47.9 Å². The molecule has 330 valence electrons. The molecule has 15 nitrogen and oxygen atoms in total. The standard InChI is InChI=1S/C47H47BrN8O7S/c1-26-18-31(57)24-56(3)47(63)38(19-28-10-5-4-6-11-28)54-43(60)27(2)51-41(59)17-16-40(58)36(21-30-23-50-35-15-9-13-33(48)42(30)35)52-44(61)37(53-45(62)39-25-64-46(26)55-39)20-29-22-49-34-14-8-7-12-32(29)34/h4-15,19,22-23,25-27,36-37,49-50H,16-18,20-21,24H2,1-3H3,(H,51,59)(H,52,61)(H,53,62)(H,54,60)/b38-19-/t26-,27+,36-,37-/m0/s1. The van der Waals surface area contributed by atoms with E-state index in [-0.39, 0.29) is 55.8 Å². The van der Waals surface area contributed by atoms with Crippen molar-refractivity contribution in [3.05, 3.63) is 128 Å². The number of halogens is 1. The average molecular weight is 948 g/mol. The van der Waals surface area contributed by atoms with E-state index in [4.69, 9.17) is 0 Å². The molecule has 1 aliphatic heterocycles. The fraction of sp³-hybridized carbons (Fsp3) is 0.277. The molecule has 6 aromatic rings. The third-order valence-corrected chi connectivity index (χ3v) is 12.8. The van der Waals surface area contributed by atoms with E-state index in [0.717, 1.165) is 37.4 Å². The first-order valence-electron chi connectivity index (χ1n) is 20.8. The van der Waals surface area contributed by atoms with Crippen molar-refractivity contribution in [2.75, 3.05) is 13.6 Å². The van der Waals surface area contributed by atoms with Crippen molar-refractivity contribution in [2.24, 2.45) is 0 Å². The number of likely N-dealkylation sites (N-methyl/N-ethyl adjacent to an activating group) is 1. The van der Waals surface area contributed by atoms with Gasteiger partial charge in [0.15, 0.2) is 11.6 Å². The molecule has 3 aromatic carbocycles. The predicted octanol–water partition coefficient (Wildman–Crippen LogP) is 5.48. The van der Waals surface area contributed by atoms with Crippen molar-refractivity contribution >= 4 is 96.3 Å². The molecule has 7 rings (SSSR count). The van der Waals surface area contributed by atoms with Crippen LogP contribution in [0.3, 0.4) is 0 Å². The Morgan fingerprint density at radius 1 is 0.781 bits per heavy atom. The number of Topliss-reactive ketones (excluding diaryl/α,β-unsaturated/α-hetero) is 2. The largest absolute Gasteiger partial charge is 0.361 e. The highest BCUT2D eigenvalue weighted by molar-refractivity contribution is 9.10. The topological polar surface area (TPSA) is 215 Å². The Balaban J connectivity index is 1.21. The zero-order valence-corrected chi connectivity index (χ0v) is 37.7. The van der Waals surface area contributed by atoms with Crippen LogP contribution in [0.4, 0.5) is 0 Å². The van der Waals surface area contributed by atoms with Crippen LogP contribution in [-0.4, -0.2) is 92.7 Å². The second-order valence-corrected chi connectivity index (χ2v) is 17.7. The normalized spacial score (nSPS) is 21.1. The summed E-state index contributed by atoms with van der Waals surface area (Å²) in [5.41, 5.74) is 3.65. The molecular weight excluding hydrogens is 901 g/mol. The summed E-state index contributed by atoms with van der Waals surface area (Å²) in [5.74, 6) is -4.39. The molecule has 1 aliphatic rings. The van der Waals surface area contributed by atoms with Crippen LogP contribution >= 0.6 is 27.3 Å². The number of H-pyrrole nitrogens is 2. The number of nitrogens with one attached hydrogen (secondary N) is 6. The Morgan fingerprint density at radius 2 is 1.48 bits per heavy atom. The molecule has 0 saturated heterocycles. The van der Waals surface area contributed by atoms with E-state index < -0.39 is 59.4 Å². The molecule has 0 aliphatic carbocycles. The summed E-state index contributed by atoms with van der Waals surface area (Å²) in [6.07, 6.45) is 4.49. The Labute approximate surface area is 381 Å². The van der Waals surface area contributed by atoms with Crippen molar-refractivity contribution in [3.63, 3.8) is 0 Å². The molecule has 0 radical (unpaired) electrons. The van der Waals surface area contributed by atoms with Crippen LogP contribution in [0.5, 0.6) is 0 Å². The van der Waals surface area contributed by atoms with Crippen LogP contribution in [0.2, 0.25) is 0 Å². The van der Waals surface area contributed by atoms with Crippen molar-refractivity contribution in [3.8, 4) is 0 Å². The fourth-order valence-corrected chi connectivity index (χ4v) is 9.10. The van der Waals surface area contributed by atoms with Gasteiger partial charge < -0.3 is 36.1 Å². The number of hydrogen-bond donors (Lipinski definition) is 6. The van der Waals surface area contributed by atoms with E-state index in [1.807, 2.05) is 42.5 Å². The zero-order chi connectivity index (χ0) is 45.5. The number of carbonyl (C=O) groups is 7. The quantitative estimate of drug-likeness (QED) is 0.121. The molecule has 0 saturated carbocycles. The SMILES string of the molecule is C[C@H]1NC(=O)CCC(=O)[C@H](Cc2c[nH]c3cccc(Br)c23)NC(=O)[C@H](Cc2c[nH]c3ccccc23)NC(=O)c2csc(n2)[C@@H](C)CC(=O)CN(C)C(=O)/C(=C/c2ccccc2)NC1=O. The molecule has 2 bridgehead atoms. The van der Waals surface area contributed by atoms with Crippen LogP contribution in [0.25, 0.3) is 27.9 Å². The number of para-hydroxylation sites is 1. The van der Waals surface area contributed by atoms with Gasteiger partial charge in [0, 0.05) is 89.1 Å². The van der Waals surface area contributed by atoms with Crippen molar-refractivity contribution in [1.29, 1.82) is 0 Å². The van der Waals surface area contributed by atoms with Crippen molar-refractivity contribution in [1.82, 2.24) is 41.1 Å². The fourth-order valence-electron chi connectivity index (χ4n) is 7.62. The van der Waals surface area contributed by atoms with Gasteiger partial charge in [0.2, 0.25) is 17.7 Å². The highest BCUT2D eigenvalue weighted by atomic mass is 79.9. The molecule has 4 heterocycles. The van der Waals surface area contributed by atoms with Crippen LogP contribution in [0, 0.1) is 0 Å². The first-order chi connectivity index (χ1) is 30.7. The van der Waals surface area contributed by atoms with E-state index in [1.54, 1.807) is 55.0 Å². The van der Waals surface area contributed by atoms with E-state index in [2.05, 4.69) is 52.1 Å². The minimum absolute atomic E-state index is 0.00658.